The number of carbonyl (C=O) groups excluding carboxylic acids is 2. The van der Waals surface area contributed by atoms with Gasteiger partial charge in [-0.25, -0.2) is 4.57 Å². The van der Waals surface area contributed by atoms with Crippen molar-refractivity contribution in [3.63, 3.8) is 0 Å². The van der Waals surface area contributed by atoms with Gasteiger partial charge in [0.05, 0.1) is 27.7 Å². The normalized spacial score (nSPS) is 14.0. The maximum atomic E-state index is 12.6. The molecule has 0 radical (unpaired) electrons. The molecule has 0 spiro atoms. The van der Waals surface area contributed by atoms with Gasteiger partial charge in [0.1, 0.15) is 19.8 Å². The van der Waals surface area contributed by atoms with Crippen LogP contribution in [0, 0.1) is 0 Å². The summed E-state index contributed by atoms with van der Waals surface area (Å²) in [7, 11) is 1.47. The van der Waals surface area contributed by atoms with Crippen LogP contribution >= 0.6 is 7.82 Å². The molecule has 9 nitrogen and oxygen atoms in total. The Labute approximate surface area is 294 Å². The largest absolute Gasteiger partial charge is 0.472 e. The number of nitrogens with zero attached hydrogens (tertiary/aromatic N) is 1. The van der Waals surface area contributed by atoms with E-state index in [-0.39, 0.29) is 32.0 Å². The minimum atomic E-state index is -4.36. The van der Waals surface area contributed by atoms with Crippen LogP contribution in [0.2, 0.25) is 0 Å². The van der Waals surface area contributed by atoms with Gasteiger partial charge in [-0.05, 0) is 44.9 Å². The fourth-order valence-corrected chi connectivity index (χ4v) is 5.67. The molecular formula is C38H73NO8P+. The molecule has 10 heteroatoms. The number of carbonyl (C=O) groups is 2. The molecule has 1 unspecified atom stereocenters. The lowest BCUT2D eigenvalue weighted by Crippen LogP contribution is -2.37. The van der Waals surface area contributed by atoms with Gasteiger partial charge in [-0.1, -0.05) is 122 Å². The van der Waals surface area contributed by atoms with Crippen molar-refractivity contribution >= 4 is 19.8 Å². The van der Waals surface area contributed by atoms with Gasteiger partial charge in [0, 0.05) is 12.8 Å². The van der Waals surface area contributed by atoms with Crippen molar-refractivity contribution in [2.45, 2.75) is 161 Å². The molecule has 0 amide bonds. The van der Waals surface area contributed by atoms with E-state index in [2.05, 4.69) is 38.2 Å². The van der Waals surface area contributed by atoms with Gasteiger partial charge in [0.15, 0.2) is 6.10 Å². The van der Waals surface area contributed by atoms with Crippen molar-refractivity contribution in [1.82, 2.24) is 0 Å². The molecule has 282 valence electrons. The number of esters is 2. The lowest BCUT2D eigenvalue weighted by molar-refractivity contribution is -0.870. The van der Waals surface area contributed by atoms with Crippen LogP contribution in [0.5, 0.6) is 0 Å². The van der Waals surface area contributed by atoms with E-state index in [0.717, 1.165) is 57.8 Å². The molecule has 0 aromatic carbocycles. The van der Waals surface area contributed by atoms with Gasteiger partial charge in [0.25, 0.3) is 0 Å². The van der Waals surface area contributed by atoms with E-state index >= 15 is 0 Å². The third-order valence-electron chi connectivity index (χ3n) is 7.98. The summed E-state index contributed by atoms with van der Waals surface area (Å²) in [6.07, 6.45) is 30.8. The van der Waals surface area contributed by atoms with Crippen LogP contribution in [0.25, 0.3) is 0 Å². The summed E-state index contributed by atoms with van der Waals surface area (Å²) in [4.78, 5) is 35.1. The monoisotopic (exact) mass is 703 g/mol. The van der Waals surface area contributed by atoms with Gasteiger partial charge in [0.2, 0.25) is 0 Å². The van der Waals surface area contributed by atoms with Crippen LogP contribution in [0.1, 0.15) is 155 Å². The van der Waals surface area contributed by atoms with Gasteiger partial charge < -0.3 is 18.9 Å². The van der Waals surface area contributed by atoms with Gasteiger partial charge >= 0.3 is 19.8 Å². The minimum Gasteiger partial charge on any atom is -0.462 e. The maximum absolute atomic E-state index is 12.6. The molecule has 0 aliphatic rings. The average Bonchev–Trinajstić information content (AvgIpc) is 3.02. The lowest BCUT2D eigenvalue weighted by atomic mass is 10.1. The summed E-state index contributed by atoms with van der Waals surface area (Å²) in [5, 5.41) is 0. The third kappa shape index (κ3) is 34.4. The predicted molar refractivity (Wildman–Crippen MR) is 197 cm³/mol. The van der Waals surface area contributed by atoms with E-state index in [1.807, 2.05) is 21.1 Å². The van der Waals surface area contributed by atoms with Crippen molar-refractivity contribution in [1.29, 1.82) is 0 Å². The second-order valence-corrected chi connectivity index (χ2v) is 15.4. The molecule has 2 atom stereocenters. The zero-order valence-electron chi connectivity index (χ0n) is 31.5. The highest BCUT2D eigenvalue weighted by atomic mass is 31.2. The predicted octanol–water partition coefficient (Wildman–Crippen LogP) is 10.0. The number of hydrogen-bond acceptors (Lipinski definition) is 7. The standard InChI is InChI=1S/C38H72NO8P/c1-6-8-10-12-14-16-17-18-19-20-21-23-24-26-28-30-37(40)44-34-36(35-46-48(42,43)45-33-32-39(3,4)5)47-38(41)31-29-27-25-22-15-13-11-9-7-2/h14,16,18-19,36H,6-13,15,17,20-35H2,1-5H3/p+1/b16-14-,19-18-/t36-/m1/s1. The molecule has 1 N–H and O–H groups in total. The molecule has 0 aromatic rings. The van der Waals surface area contributed by atoms with Crippen molar-refractivity contribution in [2.24, 2.45) is 0 Å². The Morgan fingerprint density at radius 2 is 1.12 bits per heavy atom. The zero-order chi connectivity index (χ0) is 35.8. The van der Waals surface area contributed by atoms with Crippen LogP contribution in [0.15, 0.2) is 24.3 Å². The molecule has 0 saturated heterocycles. The average molecular weight is 703 g/mol. The quantitative estimate of drug-likeness (QED) is 0.0232. The molecule has 0 fully saturated rings. The molecule has 48 heavy (non-hydrogen) atoms. The second-order valence-electron chi connectivity index (χ2n) is 14.0. The first-order chi connectivity index (χ1) is 23.0. The fraction of sp³-hybridized carbons (Fsp3) is 0.842. The third-order valence-corrected chi connectivity index (χ3v) is 8.97. The fourth-order valence-electron chi connectivity index (χ4n) is 4.92. The van der Waals surface area contributed by atoms with Crippen molar-refractivity contribution < 1.29 is 42.1 Å². The van der Waals surface area contributed by atoms with Crippen LogP contribution < -0.4 is 0 Å². The van der Waals surface area contributed by atoms with Crippen LogP contribution in [0.4, 0.5) is 0 Å². The van der Waals surface area contributed by atoms with Crippen molar-refractivity contribution in [3.05, 3.63) is 24.3 Å². The highest BCUT2D eigenvalue weighted by Gasteiger charge is 2.27. The Morgan fingerprint density at radius 1 is 0.646 bits per heavy atom. The van der Waals surface area contributed by atoms with E-state index in [1.54, 1.807) is 0 Å². The van der Waals surface area contributed by atoms with Crippen LogP contribution in [-0.4, -0.2) is 74.9 Å². The van der Waals surface area contributed by atoms with Crippen molar-refractivity contribution in [2.75, 3.05) is 47.5 Å². The smallest absolute Gasteiger partial charge is 0.462 e. The zero-order valence-corrected chi connectivity index (χ0v) is 32.4. The first-order valence-corrected chi connectivity index (χ1v) is 20.6. The Bertz CT molecular complexity index is 886. The number of unbranched alkanes of at least 4 members (excludes halogenated alkanes) is 16. The Hall–Kier alpha value is -1.51. The molecule has 0 bridgehead atoms. The summed E-state index contributed by atoms with van der Waals surface area (Å²) >= 11 is 0. The first kappa shape index (κ1) is 46.5. The summed E-state index contributed by atoms with van der Waals surface area (Å²) in [5.74, 6) is -0.818. The Kier molecular flexibility index (Phi) is 30.5. The van der Waals surface area contributed by atoms with E-state index in [9.17, 15) is 19.0 Å². The summed E-state index contributed by atoms with van der Waals surface area (Å²) in [6.45, 7) is 4.34. The molecule has 0 aliphatic carbocycles. The summed E-state index contributed by atoms with van der Waals surface area (Å²) in [5.41, 5.74) is 0. The number of hydrogen-bond donors (Lipinski definition) is 1. The molecule has 0 rings (SSSR count). The first-order valence-electron chi connectivity index (χ1n) is 19.1. The number of quaternary nitrogens is 1. The van der Waals surface area contributed by atoms with Gasteiger partial charge in [-0.15, -0.1) is 0 Å². The highest BCUT2D eigenvalue weighted by Crippen LogP contribution is 2.43. The molecule has 0 heterocycles. The summed E-state index contributed by atoms with van der Waals surface area (Å²) in [6, 6.07) is 0. The van der Waals surface area contributed by atoms with Crippen LogP contribution in [0.3, 0.4) is 0 Å². The topological polar surface area (TPSA) is 108 Å². The van der Waals surface area contributed by atoms with E-state index in [0.29, 0.717) is 17.4 Å². The Balaban J connectivity index is 4.42. The second kappa shape index (κ2) is 31.5. The number of likely N-dealkylation sites (N-methyl/N-ethyl adjacent to an activating group) is 1. The summed E-state index contributed by atoms with van der Waals surface area (Å²) < 4.78 is 34.1. The van der Waals surface area contributed by atoms with E-state index < -0.39 is 26.5 Å². The number of rotatable bonds is 34. The van der Waals surface area contributed by atoms with Gasteiger partial charge in [-0.2, -0.15) is 0 Å². The highest BCUT2D eigenvalue weighted by molar-refractivity contribution is 7.47. The van der Waals surface area contributed by atoms with E-state index in [1.165, 1.54) is 64.2 Å². The number of allylic oxidation sites excluding steroid dienone is 4. The maximum Gasteiger partial charge on any atom is 0.472 e. The SMILES string of the molecule is CCCCC/C=C\C/C=C\CCCCCCCC(=O)OC[C@H](COP(=O)(O)OCC[N+](C)(C)C)OC(=O)CCCCCCCCCCC. The lowest BCUT2D eigenvalue weighted by Gasteiger charge is -2.24. The molecular weight excluding hydrogens is 629 g/mol. The molecule has 0 saturated carbocycles. The van der Waals surface area contributed by atoms with Crippen molar-refractivity contribution in [3.8, 4) is 0 Å². The minimum absolute atomic E-state index is 0.0306. The van der Waals surface area contributed by atoms with Crippen LogP contribution in [-0.2, 0) is 32.7 Å². The number of phosphoric ester groups is 1. The molecule has 0 aliphatic heterocycles. The van der Waals surface area contributed by atoms with E-state index in [4.69, 9.17) is 18.5 Å². The number of phosphoric acid groups is 1. The Morgan fingerprint density at radius 3 is 1.69 bits per heavy atom. The number of ether oxygens (including phenoxy) is 2. The molecule has 0 aromatic heterocycles. The van der Waals surface area contributed by atoms with Gasteiger partial charge in [-0.3, -0.25) is 18.6 Å².